The van der Waals surface area contributed by atoms with Gasteiger partial charge in [-0.05, 0) is 0 Å². The number of fused-ring (bicyclic) bond motifs is 8. The molecule has 0 N–H and O–H groups in total. The van der Waals surface area contributed by atoms with E-state index in [9.17, 15) is 0 Å². The van der Waals surface area contributed by atoms with Crippen LogP contribution in [0.15, 0.2) is 90.0 Å². The molecule has 4 heteroatoms. The molecule has 0 saturated heterocycles. The molecule has 0 fully saturated rings. The minimum Gasteiger partial charge on any atom is -1.00 e. The van der Waals surface area contributed by atoms with E-state index in [1.807, 2.05) is 0 Å². The average molecular weight is 539 g/mol. The second kappa shape index (κ2) is 8.31. The Morgan fingerprint density at radius 3 is 1.52 bits per heavy atom. The summed E-state index contributed by atoms with van der Waals surface area (Å²) in [5.74, 6) is 0. The molecule has 2 atom stereocenters. The minimum absolute atomic E-state index is 0. The molecule has 3 aliphatic rings. The Bertz CT molecular complexity index is 1160. The van der Waals surface area contributed by atoms with Gasteiger partial charge in [-0.1, -0.05) is 0 Å². The Morgan fingerprint density at radius 2 is 1.03 bits per heavy atom. The Morgan fingerprint density at radius 1 is 0.613 bits per heavy atom. The molecule has 31 heavy (non-hydrogen) atoms. The van der Waals surface area contributed by atoms with Gasteiger partial charge in [0.15, 0.2) is 0 Å². The van der Waals surface area contributed by atoms with E-state index in [1.54, 1.807) is 49.0 Å². The van der Waals surface area contributed by atoms with Gasteiger partial charge in [0.05, 0.1) is 0 Å². The van der Waals surface area contributed by atoms with Crippen molar-refractivity contribution in [3.63, 3.8) is 0 Å². The van der Waals surface area contributed by atoms with Gasteiger partial charge in [-0.3, -0.25) is 0 Å². The number of hydrogen-bond acceptors (Lipinski definition) is 0. The van der Waals surface area contributed by atoms with E-state index in [4.69, 9.17) is 0 Å². The van der Waals surface area contributed by atoms with Crippen LogP contribution in [0.25, 0.3) is 10.4 Å². The summed E-state index contributed by atoms with van der Waals surface area (Å²) in [5, 5.41) is 4.99. The van der Waals surface area contributed by atoms with Crippen LogP contribution in [0.1, 0.15) is 43.4 Å². The van der Waals surface area contributed by atoms with Gasteiger partial charge in [0.2, 0.25) is 0 Å². The van der Waals surface area contributed by atoms with Crippen LogP contribution in [-0.4, -0.2) is 8.07 Å². The van der Waals surface area contributed by atoms with Crippen molar-refractivity contribution in [1.29, 1.82) is 0 Å². The van der Waals surface area contributed by atoms with Crippen molar-refractivity contribution in [1.82, 2.24) is 0 Å². The Labute approximate surface area is 210 Å². The molecule has 1 heterocycles. The van der Waals surface area contributed by atoms with Crippen molar-refractivity contribution in [3.8, 4) is 0 Å². The van der Waals surface area contributed by atoms with Crippen LogP contribution in [0.4, 0.5) is 0 Å². The van der Waals surface area contributed by atoms with Crippen LogP contribution in [0.5, 0.6) is 0 Å². The number of benzene rings is 3. The van der Waals surface area contributed by atoms with Gasteiger partial charge in [-0.15, -0.1) is 0 Å². The SMILES string of the molecule is CC1=C2c3ccccc3[CH]1[Zr+2][CH]1C(C)=C(c3ccccc31)[Si]2(C)c1ccccc1.[Cl-].[Cl-]. The minimum atomic E-state index is -2.11. The zero-order valence-corrected chi connectivity index (χ0v) is 22.9. The van der Waals surface area contributed by atoms with E-state index in [0.29, 0.717) is 7.25 Å². The van der Waals surface area contributed by atoms with Gasteiger partial charge in [-0.2, -0.15) is 0 Å². The predicted octanol–water partition coefficient (Wildman–Crippen LogP) is 0.212. The molecule has 0 aromatic heterocycles. The first-order chi connectivity index (χ1) is 14.1. The van der Waals surface area contributed by atoms with E-state index in [2.05, 4.69) is 99.3 Å². The van der Waals surface area contributed by atoms with Crippen molar-refractivity contribution >= 4 is 23.7 Å². The first kappa shape index (κ1) is 23.0. The molecule has 6 rings (SSSR count). The summed E-state index contributed by atoms with van der Waals surface area (Å²) in [6.07, 6.45) is 0. The van der Waals surface area contributed by atoms with Crippen molar-refractivity contribution in [3.05, 3.63) is 112 Å². The number of allylic oxidation sites excluding steroid dienone is 2. The van der Waals surface area contributed by atoms with Gasteiger partial charge in [0, 0.05) is 0 Å². The van der Waals surface area contributed by atoms with Crippen LogP contribution in [0.3, 0.4) is 0 Å². The first-order valence-electron chi connectivity index (χ1n) is 10.5. The van der Waals surface area contributed by atoms with E-state index in [1.165, 1.54) is 0 Å². The van der Waals surface area contributed by atoms with Crippen molar-refractivity contribution < 1.29 is 48.0 Å². The molecule has 1 aliphatic heterocycles. The normalized spacial score (nSPS) is 24.6. The molecule has 0 amide bonds. The van der Waals surface area contributed by atoms with Crippen LogP contribution in [0.2, 0.25) is 6.55 Å². The summed E-state index contributed by atoms with van der Waals surface area (Å²) in [7, 11) is -2.11. The maximum atomic E-state index is 2.63. The third-order valence-corrected chi connectivity index (χ3v) is 17.5. The van der Waals surface area contributed by atoms with Gasteiger partial charge >= 0.3 is 187 Å². The smallest absolute Gasteiger partial charge is 1.00 e. The van der Waals surface area contributed by atoms with E-state index in [-0.39, 0.29) is 24.8 Å². The molecule has 0 saturated carbocycles. The van der Waals surface area contributed by atoms with E-state index < -0.39 is 31.3 Å². The number of rotatable bonds is 1. The van der Waals surface area contributed by atoms with Crippen LogP contribution >= 0.6 is 0 Å². The van der Waals surface area contributed by atoms with Gasteiger partial charge in [0.1, 0.15) is 0 Å². The third kappa shape index (κ3) is 3.02. The zero-order chi connectivity index (χ0) is 19.8. The van der Waals surface area contributed by atoms with E-state index in [0.717, 1.165) is 0 Å². The summed E-state index contributed by atoms with van der Waals surface area (Å²) in [6.45, 7) is 7.58. The molecule has 154 valence electrons. The largest absolute Gasteiger partial charge is 1.00 e. The van der Waals surface area contributed by atoms with Gasteiger partial charge < -0.3 is 24.8 Å². The zero-order valence-electron chi connectivity index (χ0n) is 17.9. The number of halogens is 2. The second-order valence-electron chi connectivity index (χ2n) is 8.81. The fourth-order valence-corrected chi connectivity index (χ4v) is 16.9. The maximum absolute atomic E-state index is 2.63. The summed E-state index contributed by atoms with van der Waals surface area (Å²) in [5.41, 5.74) is 9.83. The third-order valence-electron chi connectivity index (χ3n) is 7.42. The second-order valence-corrected chi connectivity index (χ2v) is 16.3. The van der Waals surface area contributed by atoms with Crippen molar-refractivity contribution in [2.75, 3.05) is 0 Å². The topological polar surface area (TPSA) is 0 Å². The molecule has 2 unspecified atom stereocenters. The number of hydrogen-bond donors (Lipinski definition) is 0. The van der Waals surface area contributed by atoms with Crippen LogP contribution < -0.4 is 30.0 Å². The summed E-state index contributed by atoms with van der Waals surface area (Å²) >= 11 is -0.725. The van der Waals surface area contributed by atoms with Gasteiger partial charge in [-0.25, -0.2) is 0 Å². The molecular formula is C27H24Cl2SiZr. The molecule has 3 aromatic rings. The molecule has 0 spiro atoms. The average Bonchev–Trinajstić information content (AvgIpc) is 3.22. The summed E-state index contributed by atoms with van der Waals surface area (Å²) < 4.78 is 1.43. The molecule has 0 radical (unpaired) electrons. The Kier molecular flexibility index (Phi) is 6.16. The Balaban J connectivity index is 0.00000116. The summed E-state index contributed by atoms with van der Waals surface area (Å²) in [4.78, 5) is 0. The molecule has 3 aromatic carbocycles. The Hall–Kier alpha value is -1.18. The molecule has 0 nitrogen and oxygen atoms in total. The first-order valence-corrected chi connectivity index (χ1v) is 15.9. The van der Waals surface area contributed by atoms with Crippen molar-refractivity contribution in [2.45, 2.75) is 27.6 Å². The fourth-order valence-electron chi connectivity index (χ4n) is 6.24. The van der Waals surface area contributed by atoms with Gasteiger partial charge in [0.25, 0.3) is 0 Å². The molecule has 2 aliphatic carbocycles. The quantitative estimate of drug-likeness (QED) is 0.389. The van der Waals surface area contributed by atoms with E-state index >= 15 is 0 Å². The maximum Gasteiger partial charge on any atom is -1.00 e. The molecular weight excluding hydrogens is 515 g/mol. The molecule has 4 bridgehead atoms. The summed E-state index contributed by atoms with van der Waals surface area (Å²) in [6, 6.07) is 30.2. The van der Waals surface area contributed by atoms with Crippen LogP contribution in [0, 0.1) is 0 Å². The fraction of sp³-hybridized carbons (Fsp3) is 0.185. The van der Waals surface area contributed by atoms with Crippen LogP contribution in [-0.2, 0) is 23.2 Å². The van der Waals surface area contributed by atoms with Crippen molar-refractivity contribution in [2.24, 2.45) is 0 Å². The standard InChI is InChI=1S/C27H24Si.2ClH.Zr/c1-19-17-21-11-7-9-15-24(21)26(19)28(3,23-13-5-4-6-14-23)27-20(2)18-22-12-8-10-16-25(22)27;;;/h4-18H,1-3H3;2*1H;/q;;;+2/p-2. The predicted molar refractivity (Wildman–Crippen MR) is 121 cm³/mol. The monoisotopic (exact) mass is 536 g/mol.